The number of guanidine groups is 1. The molecule has 2 fully saturated rings. The number of hydrogen-bond donors (Lipinski definition) is 2. The lowest BCUT2D eigenvalue weighted by atomic mass is 10.1. The Morgan fingerprint density at radius 1 is 1.50 bits per heavy atom. The van der Waals surface area contributed by atoms with Crippen molar-refractivity contribution in [3.05, 3.63) is 12.2 Å². The molecule has 0 heterocycles. The van der Waals surface area contributed by atoms with Gasteiger partial charge in [-0.15, -0.1) is 24.0 Å². The molecule has 16 heavy (non-hydrogen) atoms. The summed E-state index contributed by atoms with van der Waals surface area (Å²) in [6.45, 7) is 6.40. The molecule has 1 spiro atoms. The lowest BCUT2D eigenvalue weighted by Crippen LogP contribution is -2.35. The van der Waals surface area contributed by atoms with Gasteiger partial charge in [0.15, 0.2) is 5.96 Å². The van der Waals surface area contributed by atoms with Gasteiger partial charge in [0.05, 0.1) is 6.54 Å². The van der Waals surface area contributed by atoms with Crippen molar-refractivity contribution in [2.75, 3.05) is 6.54 Å². The first-order valence-electron chi connectivity index (χ1n) is 5.83. The van der Waals surface area contributed by atoms with Gasteiger partial charge < -0.3 is 11.1 Å². The van der Waals surface area contributed by atoms with Crippen LogP contribution in [0.4, 0.5) is 0 Å². The molecule has 0 aliphatic heterocycles. The SMILES string of the molecule is C=C(C)CN=C(N)NC1CC12CCCC2.I. The van der Waals surface area contributed by atoms with E-state index in [0.29, 0.717) is 24.0 Å². The summed E-state index contributed by atoms with van der Waals surface area (Å²) in [5.74, 6) is 0.590. The van der Waals surface area contributed by atoms with Crippen LogP contribution in [-0.2, 0) is 0 Å². The summed E-state index contributed by atoms with van der Waals surface area (Å²) in [4.78, 5) is 4.24. The summed E-state index contributed by atoms with van der Waals surface area (Å²) < 4.78 is 0. The van der Waals surface area contributed by atoms with Crippen LogP contribution < -0.4 is 11.1 Å². The number of rotatable bonds is 3. The molecular weight excluding hydrogens is 313 g/mol. The molecule has 0 aromatic rings. The van der Waals surface area contributed by atoms with Crippen molar-refractivity contribution in [1.29, 1.82) is 0 Å². The highest BCUT2D eigenvalue weighted by Gasteiger charge is 2.55. The molecule has 0 amide bonds. The first-order valence-corrected chi connectivity index (χ1v) is 5.83. The van der Waals surface area contributed by atoms with E-state index >= 15 is 0 Å². The molecule has 0 bridgehead atoms. The minimum absolute atomic E-state index is 0. The summed E-state index contributed by atoms with van der Waals surface area (Å²) in [5, 5.41) is 3.33. The molecule has 0 radical (unpaired) electrons. The lowest BCUT2D eigenvalue weighted by Gasteiger charge is -2.10. The third kappa shape index (κ3) is 3.12. The number of nitrogens with zero attached hydrogens (tertiary/aromatic N) is 1. The molecule has 3 N–H and O–H groups in total. The van der Waals surface area contributed by atoms with Gasteiger partial charge in [-0.25, -0.2) is 4.99 Å². The Kier molecular flexibility index (Phi) is 4.64. The number of aliphatic imine (C=N–C) groups is 1. The van der Waals surface area contributed by atoms with Gasteiger partial charge in [-0.2, -0.15) is 0 Å². The van der Waals surface area contributed by atoms with E-state index in [-0.39, 0.29) is 24.0 Å². The van der Waals surface area contributed by atoms with Crippen molar-refractivity contribution in [3.63, 3.8) is 0 Å². The Labute approximate surface area is 115 Å². The van der Waals surface area contributed by atoms with Gasteiger partial charge in [0.2, 0.25) is 0 Å². The summed E-state index contributed by atoms with van der Waals surface area (Å²) in [6, 6.07) is 0.592. The predicted octanol–water partition coefficient (Wildman–Crippen LogP) is 2.42. The molecule has 1 atom stereocenters. The second-order valence-corrected chi connectivity index (χ2v) is 5.13. The third-order valence-corrected chi connectivity index (χ3v) is 3.63. The van der Waals surface area contributed by atoms with Gasteiger partial charge in [-0.3, -0.25) is 0 Å². The quantitative estimate of drug-likeness (QED) is 0.360. The van der Waals surface area contributed by atoms with E-state index < -0.39 is 0 Å². The maximum Gasteiger partial charge on any atom is 0.189 e. The minimum Gasteiger partial charge on any atom is -0.370 e. The van der Waals surface area contributed by atoms with Crippen LogP contribution >= 0.6 is 24.0 Å². The standard InChI is InChI=1S/C12H21N3.HI/c1-9(2)8-14-11(13)15-10-7-12(10)5-3-4-6-12;/h10H,1,3-8H2,2H3,(H3,13,14,15);1H. The zero-order valence-corrected chi connectivity index (χ0v) is 12.3. The smallest absolute Gasteiger partial charge is 0.189 e. The Morgan fingerprint density at radius 3 is 2.69 bits per heavy atom. The van der Waals surface area contributed by atoms with Crippen LogP contribution in [-0.4, -0.2) is 18.5 Å². The average molecular weight is 335 g/mol. The minimum atomic E-state index is 0. The monoisotopic (exact) mass is 335 g/mol. The van der Waals surface area contributed by atoms with E-state index in [1.54, 1.807) is 0 Å². The summed E-state index contributed by atoms with van der Waals surface area (Å²) in [5.41, 5.74) is 7.45. The van der Waals surface area contributed by atoms with Gasteiger partial charge in [-0.1, -0.05) is 25.0 Å². The fourth-order valence-electron chi connectivity index (χ4n) is 2.63. The van der Waals surface area contributed by atoms with Crippen molar-refractivity contribution in [2.45, 2.75) is 45.1 Å². The maximum atomic E-state index is 5.81. The molecule has 0 aromatic heterocycles. The van der Waals surface area contributed by atoms with Gasteiger partial charge in [-0.05, 0) is 31.6 Å². The van der Waals surface area contributed by atoms with Gasteiger partial charge >= 0.3 is 0 Å². The number of halogens is 1. The molecule has 3 nitrogen and oxygen atoms in total. The summed E-state index contributed by atoms with van der Waals surface area (Å²) >= 11 is 0. The van der Waals surface area contributed by atoms with Gasteiger partial charge in [0.1, 0.15) is 0 Å². The Bertz CT molecular complexity index is 293. The zero-order chi connectivity index (χ0) is 10.9. The molecular formula is C12H22IN3. The Hall–Kier alpha value is -0.260. The van der Waals surface area contributed by atoms with Crippen LogP contribution in [0.3, 0.4) is 0 Å². The molecule has 2 saturated carbocycles. The number of nitrogens with one attached hydrogen (secondary N) is 1. The molecule has 0 aromatic carbocycles. The van der Waals surface area contributed by atoms with Crippen molar-refractivity contribution in [1.82, 2.24) is 5.32 Å². The fraction of sp³-hybridized carbons (Fsp3) is 0.750. The van der Waals surface area contributed by atoms with Crippen LogP contribution in [0.25, 0.3) is 0 Å². The summed E-state index contributed by atoms with van der Waals surface area (Å²) in [7, 11) is 0. The van der Waals surface area contributed by atoms with Crippen molar-refractivity contribution in [3.8, 4) is 0 Å². The molecule has 4 heteroatoms. The van der Waals surface area contributed by atoms with Crippen LogP contribution in [0.15, 0.2) is 17.1 Å². The van der Waals surface area contributed by atoms with Crippen molar-refractivity contribution >= 4 is 29.9 Å². The zero-order valence-electron chi connectivity index (χ0n) is 9.96. The van der Waals surface area contributed by atoms with E-state index in [0.717, 1.165) is 5.57 Å². The van der Waals surface area contributed by atoms with Crippen molar-refractivity contribution in [2.24, 2.45) is 16.1 Å². The molecule has 2 aliphatic rings. The van der Waals surface area contributed by atoms with Crippen LogP contribution in [0.5, 0.6) is 0 Å². The van der Waals surface area contributed by atoms with E-state index in [2.05, 4.69) is 16.9 Å². The third-order valence-electron chi connectivity index (χ3n) is 3.63. The maximum absolute atomic E-state index is 5.81. The second kappa shape index (κ2) is 5.38. The highest BCUT2D eigenvalue weighted by atomic mass is 127. The average Bonchev–Trinajstić information content (AvgIpc) is 2.60. The topological polar surface area (TPSA) is 50.4 Å². The van der Waals surface area contributed by atoms with Gasteiger partial charge in [0.25, 0.3) is 0 Å². The fourth-order valence-corrected chi connectivity index (χ4v) is 2.63. The normalized spacial score (nSPS) is 26.3. The van der Waals surface area contributed by atoms with E-state index in [1.165, 1.54) is 32.1 Å². The highest BCUT2D eigenvalue weighted by molar-refractivity contribution is 14.0. The molecule has 2 rings (SSSR count). The van der Waals surface area contributed by atoms with Crippen LogP contribution in [0, 0.1) is 5.41 Å². The lowest BCUT2D eigenvalue weighted by molar-refractivity contribution is 0.496. The molecule has 1 unspecified atom stereocenters. The first kappa shape index (κ1) is 13.8. The van der Waals surface area contributed by atoms with Crippen molar-refractivity contribution < 1.29 is 0 Å². The van der Waals surface area contributed by atoms with Gasteiger partial charge in [0, 0.05) is 6.04 Å². The van der Waals surface area contributed by atoms with E-state index in [1.807, 2.05) is 6.92 Å². The van der Waals surface area contributed by atoms with E-state index in [4.69, 9.17) is 5.73 Å². The van der Waals surface area contributed by atoms with Crippen LogP contribution in [0.1, 0.15) is 39.0 Å². The number of nitrogens with two attached hydrogens (primary N) is 1. The largest absolute Gasteiger partial charge is 0.370 e. The Morgan fingerprint density at radius 2 is 2.12 bits per heavy atom. The molecule has 2 aliphatic carbocycles. The van der Waals surface area contributed by atoms with E-state index in [9.17, 15) is 0 Å². The summed E-state index contributed by atoms with van der Waals surface area (Å²) in [6.07, 6.45) is 6.81. The molecule has 0 saturated heterocycles. The van der Waals surface area contributed by atoms with Crippen LogP contribution in [0.2, 0.25) is 0 Å². The Balaban J connectivity index is 0.00000128. The predicted molar refractivity (Wildman–Crippen MR) is 79.2 cm³/mol. The highest BCUT2D eigenvalue weighted by Crippen LogP contribution is 2.57. The second-order valence-electron chi connectivity index (χ2n) is 5.13. The molecule has 92 valence electrons. The number of hydrogen-bond acceptors (Lipinski definition) is 1. The first-order chi connectivity index (χ1) is 7.12.